The van der Waals surface area contributed by atoms with Gasteiger partial charge in [0.15, 0.2) is 5.82 Å². The molecule has 0 radical (unpaired) electrons. The molecular weight excluding hydrogens is 488 g/mol. The molecule has 1 aliphatic heterocycles. The van der Waals surface area contributed by atoms with Crippen LogP contribution in [0, 0.1) is 0 Å². The van der Waals surface area contributed by atoms with E-state index in [9.17, 15) is 4.79 Å². The van der Waals surface area contributed by atoms with Gasteiger partial charge in [-0.3, -0.25) is 0 Å². The van der Waals surface area contributed by atoms with Gasteiger partial charge in [0.25, 0.3) is 0 Å². The number of rotatable bonds is 8. The summed E-state index contributed by atoms with van der Waals surface area (Å²) in [4.78, 5) is 26.5. The molecule has 0 bridgehead atoms. The van der Waals surface area contributed by atoms with Crippen molar-refractivity contribution in [2.24, 2.45) is 0 Å². The third-order valence-corrected chi connectivity index (χ3v) is 7.18. The number of anilines is 5. The van der Waals surface area contributed by atoms with Crippen molar-refractivity contribution in [3.63, 3.8) is 0 Å². The second-order valence-electron chi connectivity index (χ2n) is 8.72. The average molecular weight is 519 g/mol. The minimum atomic E-state index is -0.417. The van der Waals surface area contributed by atoms with Gasteiger partial charge >= 0.3 is 5.97 Å². The highest BCUT2D eigenvalue weighted by Gasteiger charge is 2.18. The van der Waals surface area contributed by atoms with Gasteiger partial charge in [0.05, 0.1) is 40.9 Å². The van der Waals surface area contributed by atoms with Gasteiger partial charge in [-0.1, -0.05) is 12.1 Å². The molecule has 2 N–H and O–H groups in total. The van der Waals surface area contributed by atoms with Gasteiger partial charge in [0.1, 0.15) is 5.75 Å². The van der Waals surface area contributed by atoms with E-state index in [2.05, 4.69) is 39.6 Å². The number of hydrogen-bond donors (Lipinski definition) is 2. The first kappa shape index (κ1) is 24.8. The van der Waals surface area contributed by atoms with Crippen molar-refractivity contribution in [1.82, 2.24) is 14.9 Å². The lowest BCUT2D eigenvalue weighted by Gasteiger charge is -2.34. The Morgan fingerprint density at radius 1 is 1.03 bits per heavy atom. The zero-order valence-corrected chi connectivity index (χ0v) is 22.0. The number of carbonyl (C=O) groups is 1. The van der Waals surface area contributed by atoms with Crippen LogP contribution in [0.4, 0.5) is 28.8 Å². The molecule has 192 valence electrons. The number of nitrogens with one attached hydrogen (secondary N) is 2. The number of ether oxygens (including phenoxy) is 2. The number of aromatic nitrogens is 2. The van der Waals surface area contributed by atoms with Gasteiger partial charge in [-0.05, 0) is 49.7 Å². The number of carbonyl (C=O) groups excluding carboxylic acids is 1. The number of para-hydroxylation sites is 1. The van der Waals surface area contributed by atoms with Crippen LogP contribution in [-0.4, -0.2) is 67.8 Å². The number of methoxy groups -OCH3 is 1. The lowest BCUT2D eigenvalue weighted by atomic mass is 10.2. The van der Waals surface area contributed by atoms with E-state index in [0.717, 1.165) is 53.5 Å². The third-order valence-electron chi connectivity index (χ3n) is 6.27. The molecule has 10 heteroatoms. The van der Waals surface area contributed by atoms with Crippen LogP contribution in [0.1, 0.15) is 17.3 Å². The van der Waals surface area contributed by atoms with E-state index >= 15 is 0 Å². The molecule has 2 aromatic heterocycles. The van der Waals surface area contributed by atoms with Gasteiger partial charge in [-0.25, -0.2) is 9.78 Å². The molecule has 0 unspecified atom stereocenters. The van der Waals surface area contributed by atoms with Crippen LogP contribution in [-0.2, 0) is 4.74 Å². The normalized spacial score (nSPS) is 14.0. The molecule has 1 fully saturated rings. The Morgan fingerprint density at radius 3 is 2.62 bits per heavy atom. The summed E-state index contributed by atoms with van der Waals surface area (Å²) >= 11 is 1.53. The Hall–Kier alpha value is -3.89. The van der Waals surface area contributed by atoms with E-state index in [4.69, 9.17) is 19.4 Å². The number of benzene rings is 2. The Labute approximate surface area is 220 Å². The zero-order valence-electron chi connectivity index (χ0n) is 21.2. The van der Waals surface area contributed by atoms with Gasteiger partial charge in [0.2, 0.25) is 5.95 Å². The van der Waals surface area contributed by atoms with Crippen LogP contribution in [0.5, 0.6) is 5.75 Å². The molecule has 4 aromatic rings. The van der Waals surface area contributed by atoms with Gasteiger partial charge in [-0.15, -0.1) is 11.3 Å². The standard InChI is InChI=1S/C27H30N6O3S/c1-4-36-23-17-18(33-14-12-32(2)13-15-33)9-10-21(23)29-27-30-22-11-16-37-24(22)25(31-27)28-20-8-6-5-7-19(20)26(34)35-3/h5-11,16-17H,4,12-15H2,1-3H3,(H2,28,29,30,31). The number of thiophene rings is 1. The SMILES string of the molecule is CCOc1cc(N2CCN(C)CC2)ccc1Nc1nc(Nc2ccccc2C(=O)OC)c2sccc2n1. The van der Waals surface area contributed by atoms with Crippen molar-refractivity contribution in [2.45, 2.75) is 6.92 Å². The summed E-state index contributed by atoms with van der Waals surface area (Å²) in [6.07, 6.45) is 0. The molecule has 9 nitrogen and oxygen atoms in total. The van der Waals surface area contributed by atoms with Crippen LogP contribution in [0.3, 0.4) is 0 Å². The Bertz CT molecular complexity index is 1400. The fourth-order valence-electron chi connectivity index (χ4n) is 4.28. The highest BCUT2D eigenvalue weighted by Crippen LogP contribution is 2.35. The fraction of sp³-hybridized carbons (Fsp3) is 0.296. The molecule has 0 spiro atoms. The Balaban J connectivity index is 1.45. The fourth-order valence-corrected chi connectivity index (χ4v) is 5.06. The average Bonchev–Trinajstić information content (AvgIpc) is 3.39. The van der Waals surface area contributed by atoms with Crippen molar-refractivity contribution in [1.29, 1.82) is 0 Å². The van der Waals surface area contributed by atoms with Crippen molar-refractivity contribution in [3.8, 4) is 5.75 Å². The first-order valence-electron chi connectivity index (χ1n) is 12.2. The number of likely N-dealkylation sites (N-methyl/N-ethyl adjacent to an activating group) is 1. The smallest absolute Gasteiger partial charge is 0.339 e. The molecule has 0 saturated carbocycles. The van der Waals surface area contributed by atoms with E-state index in [1.807, 2.05) is 36.6 Å². The molecule has 0 atom stereocenters. The van der Waals surface area contributed by atoms with Crippen molar-refractivity contribution in [3.05, 3.63) is 59.5 Å². The molecule has 1 saturated heterocycles. The summed E-state index contributed by atoms with van der Waals surface area (Å²) in [5, 5.41) is 8.63. The van der Waals surface area contributed by atoms with Crippen molar-refractivity contribution >= 4 is 56.4 Å². The Morgan fingerprint density at radius 2 is 1.84 bits per heavy atom. The number of fused-ring (bicyclic) bond motifs is 1. The monoisotopic (exact) mass is 518 g/mol. The molecule has 37 heavy (non-hydrogen) atoms. The maximum atomic E-state index is 12.3. The van der Waals surface area contributed by atoms with Crippen molar-refractivity contribution in [2.75, 3.05) is 62.5 Å². The molecular formula is C27H30N6O3S. The molecule has 2 aromatic carbocycles. The van der Waals surface area contributed by atoms with E-state index in [1.54, 1.807) is 12.1 Å². The summed E-state index contributed by atoms with van der Waals surface area (Å²) < 4.78 is 11.8. The highest BCUT2D eigenvalue weighted by atomic mass is 32.1. The lowest BCUT2D eigenvalue weighted by Crippen LogP contribution is -2.44. The van der Waals surface area contributed by atoms with Crippen molar-refractivity contribution < 1.29 is 14.3 Å². The second kappa shape index (κ2) is 11.0. The van der Waals surface area contributed by atoms with Crippen LogP contribution < -0.4 is 20.3 Å². The lowest BCUT2D eigenvalue weighted by molar-refractivity contribution is 0.0602. The molecule has 3 heterocycles. The second-order valence-corrected chi connectivity index (χ2v) is 9.64. The predicted molar refractivity (Wildman–Crippen MR) is 149 cm³/mol. The quantitative estimate of drug-likeness (QED) is 0.309. The number of hydrogen-bond acceptors (Lipinski definition) is 10. The summed E-state index contributed by atoms with van der Waals surface area (Å²) in [6, 6.07) is 15.3. The predicted octanol–water partition coefficient (Wildman–Crippen LogP) is 5.12. The molecule has 1 aliphatic rings. The first-order chi connectivity index (χ1) is 18.1. The largest absolute Gasteiger partial charge is 0.492 e. The topological polar surface area (TPSA) is 91.9 Å². The first-order valence-corrected chi connectivity index (χ1v) is 13.1. The molecule has 0 amide bonds. The van der Waals surface area contributed by atoms with E-state index < -0.39 is 5.97 Å². The number of piperazine rings is 1. The summed E-state index contributed by atoms with van der Waals surface area (Å²) in [6.45, 7) is 6.55. The molecule has 0 aliphatic carbocycles. The van der Waals surface area contributed by atoms with Gasteiger partial charge < -0.3 is 29.9 Å². The maximum Gasteiger partial charge on any atom is 0.339 e. The summed E-state index contributed by atoms with van der Waals surface area (Å²) in [5.74, 6) is 1.36. The highest BCUT2D eigenvalue weighted by molar-refractivity contribution is 7.17. The van der Waals surface area contributed by atoms with E-state index in [-0.39, 0.29) is 0 Å². The van der Waals surface area contributed by atoms with Crippen LogP contribution in [0.2, 0.25) is 0 Å². The van der Waals surface area contributed by atoms with Crippen LogP contribution in [0.25, 0.3) is 10.2 Å². The molecule has 5 rings (SSSR count). The van der Waals surface area contributed by atoms with Gasteiger partial charge in [0, 0.05) is 37.9 Å². The number of esters is 1. The van der Waals surface area contributed by atoms with Gasteiger partial charge in [-0.2, -0.15) is 4.98 Å². The third kappa shape index (κ3) is 5.45. The van der Waals surface area contributed by atoms with Crippen LogP contribution >= 0.6 is 11.3 Å². The zero-order chi connectivity index (χ0) is 25.8. The minimum Gasteiger partial charge on any atom is -0.492 e. The Kier molecular flexibility index (Phi) is 7.38. The van der Waals surface area contributed by atoms with Crippen LogP contribution in [0.15, 0.2) is 53.9 Å². The van der Waals surface area contributed by atoms with E-state index in [0.29, 0.717) is 29.6 Å². The summed E-state index contributed by atoms with van der Waals surface area (Å²) in [7, 11) is 3.52. The minimum absolute atomic E-state index is 0.417. The summed E-state index contributed by atoms with van der Waals surface area (Å²) in [5.41, 5.74) is 3.77. The van der Waals surface area contributed by atoms with E-state index in [1.165, 1.54) is 18.4 Å². The maximum absolute atomic E-state index is 12.3. The number of nitrogens with zero attached hydrogens (tertiary/aromatic N) is 4.